The van der Waals surface area contributed by atoms with Crippen LogP contribution in [0.5, 0.6) is 0 Å². The number of fused-ring (bicyclic) bond motifs is 5. The lowest BCUT2D eigenvalue weighted by molar-refractivity contribution is -0.175. The Labute approximate surface area is 216 Å². The lowest BCUT2D eigenvalue weighted by atomic mass is 9.64. The average molecular weight is 506 g/mol. The summed E-state index contributed by atoms with van der Waals surface area (Å²) in [5.74, 6) is 1.96. The van der Waals surface area contributed by atoms with Gasteiger partial charge in [0, 0.05) is 32.8 Å². The minimum absolute atomic E-state index is 0.0129. The van der Waals surface area contributed by atoms with Crippen molar-refractivity contribution in [1.29, 1.82) is 0 Å². The van der Waals surface area contributed by atoms with Gasteiger partial charge in [0.15, 0.2) is 0 Å². The summed E-state index contributed by atoms with van der Waals surface area (Å²) >= 11 is 0. The smallest absolute Gasteiger partial charge is 0.248 e. The molecule has 5 aliphatic rings. The maximum atomic E-state index is 14.1. The van der Waals surface area contributed by atoms with E-state index >= 15 is 0 Å². The van der Waals surface area contributed by atoms with Crippen molar-refractivity contribution >= 4 is 11.8 Å². The number of hydrogen-bond acceptors (Lipinski definition) is 6. The molecule has 5 fully saturated rings. The molecule has 0 spiro atoms. The maximum Gasteiger partial charge on any atom is 0.248 e. The van der Waals surface area contributed by atoms with E-state index in [0.29, 0.717) is 36.3 Å². The monoisotopic (exact) mass is 505 g/mol. The SMILES string of the molecule is COC1CCC2C3NCCC4C5CC(O[C@H](C)C(=O)NCCC(C)C)CCC5N(C(=O)C2C1OC)C43. The molecular formula is C28H47N3O5. The first kappa shape index (κ1) is 26.4. The van der Waals surface area contributed by atoms with Gasteiger partial charge in [0.05, 0.1) is 30.3 Å². The summed E-state index contributed by atoms with van der Waals surface area (Å²) in [6.45, 7) is 7.90. The van der Waals surface area contributed by atoms with E-state index in [-0.39, 0.29) is 48.1 Å². The molecule has 11 atom stereocenters. The number of nitrogens with one attached hydrogen (secondary N) is 2. The fraction of sp³-hybridized carbons (Fsp3) is 0.929. The Morgan fingerprint density at radius 2 is 1.86 bits per heavy atom. The molecule has 5 rings (SSSR count). The van der Waals surface area contributed by atoms with E-state index in [9.17, 15) is 9.59 Å². The predicted molar refractivity (Wildman–Crippen MR) is 136 cm³/mol. The first-order valence-electron chi connectivity index (χ1n) is 14.4. The van der Waals surface area contributed by atoms with Crippen molar-refractivity contribution in [3.05, 3.63) is 0 Å². The molecule has 10 unspecified atom stereocenters. The minimum Gasteiger partial charge on any atom is -0.379 e. The Balaban J connectivity index is 1.29. The van der Waals surface area contributed by atoms with E-state index in [1.807, 2.05) is 6.92 Å². The quantitative estimate of drug-likeness (QED) is 0.527. The van der Waals surface area contributed by atoms with Crippen LogP contribution in [0.4, 0.5) is 0 Å². The Bertz CT molecular complexity index is 808. The zero-order valence-electron chi connectivity index (χ0n) is 22.8. The van der Waals surface area contributed by atoms with Crippen LogP contribution in [-0.4, -0.2) is 86.6 Å². The summed E-state index contributed by atoms with van der Waals surface area (Å²) in [6.07, 6.45) is 6.25. The number of ether oxygens (including phenoxy) is 3. The van der Waals surface area contributed by atoms with Gasteiger partial charge in [0.2, 0.25) is 11.8 Å². The van der Waals surface area contributed by atoms with Crippen LogP contribution >= 0.6 is 0 Å². The van der Waals surface area contributed by atoms with Crippen LogP contribution < -0.4 is 10.6 Å². The molecule has 0 aromatic heterocycles. The minimum atomic E-state index is -0.443. The fourth-order valence-electron chi connectivity index (χ4n) is 8.44. The molecule has 0 bridgehead atoms. The molecule has 204 valence electrons. The molecule has 0 radical (unpaired) electrons. The predicted octanol–water partition coefficient (Wildman–Crippen LogP) is 2.35. The topological polar surface area (TPSA) is 89.1 Å². The number of nitrogens with zero attached hydrogens (tertiary/aromatic N) is 1. The van der Waals surface area contributed by atoms with Gasteiger partial charge in [-0.25, -0.2) is 0 Å². The van der Waals surface area contributed by atoms with Crippen molar-refractivity contribution in [2.24, 2.45) is 29.6 Å². The Morgan fingerprint density at radius 1 is 1.06 bits per heavy atom. The van der Waals surface area contributed by atoms with Gasteiger partial charge in [0.25, 0.3) is 0 Å². The third kappa shape index (κ3) is 4.61. The summed E-state index contributed by atoms with van der Waals surface area (Å²) < 4.78 is 18.0. The lowest BCUT2D eigenvalue weighted by Gasteiger charge is -2.55. The highest BCUT2D eigenvalue weighted by Crippen LogP contribution is 2.54. The van der Waals surface area contributed by atoms with Gasteiger partial charge in [-0.05, 0) is 82.1 Å². The van der Waals surface area contributed by atoms with E-state index in [1.54, 1.807) is 14.2 Å². The van der Waals surface area contributed by atoms with E-state index in [4.69, 9.17) is 14.2 Å². The maximum absolute atomic E-state index is 14.1. The third-order valence-corrected chi connectivity index (χ3v) is 10.0. The first-order valence-corrected chi connectivity index (χ1v) is 14.4. The standard InChI is InChI=1S/C28H47N3O5/c1-15(2)10-12-30-27(32)16(3)36-17-6-8-21-20(14-17)18-11-13-29-24-19-7-9-22(34-4)26(35-5)23(19)28(33)31(21)25(18)24/h15-26,29H,6-14H2,1-5H3,(H,30,32)/t16-,17?,18?,19?,20?,21?,22?,23?,24?,25?,26?/m1/s1. The zero-order chi connectivity index (χ0) is 25.6. The highest BCUT2D eigenvalue weighted by molar-refractivity contribution is 5.83. The second kappa shape index (κ2) is 10.9. The van der Waals surface area contributed by atoms with Crippen molar-refractivity contribution in [2.45, 2.75) is 108 Å². The van der Waals surface area contributed by atoms with Crippen LogP contribution in [0.3, 0.4) is 0 Å². The van der Waals surface area contributed by atoms with Crippen molar-refractivity contribution in [2.75, 3.05) is 27.3 Å². The highest BCUT2D eigenvalue weighted by atomic mass is 16.5. The van der Waals surface area contributed by atoms with Gasteiger partial charge >= 0.3 is 0 Å². The summed E-state index contributed by atoms with van der Waals surface area (Å²) in [5.41, 5.74) is 0. The number of carbonyl (C=O) groups is 2. The number of hydrogen-bond donors (Lipinski definition) is 2. The largest absolute Gasteiger partial charge is 0.379 e. The molecule has 8 nitrogen and oxygen atoms in total. The van der Waals surface area contributed by atoms with Gasteiger partial charge in [-0.2, -0.15) is 0 Å². The molecule has 0 aromatic carbocycles. The molecular weight excluding hydrogens is 458 g/mol. The molecule has 36 heavy (non-hydrogen) atoms. The van der Waals surface area contributed by atoms with E-state index in [2.05, 4.69) is 29.4 Å². The number of piperidine rings is 2. The second-order valence-electron chi connectivity index (χ2n) is 12.3. The molecule has 2 saturated carbocycles. The molecule has 2 amide bonds. The van der Waals surface area contributed by atoms with Gasteiger partial charge in [0.1, 0.15) is 6.10 Å². The Kier molecular flexibility index (Phi) is 7.97. The molecule has 0 aromatic rings. The molecule has 8 heteroatoms. The molecule has 3 saturated heterocycles. The number of methoxy groups -OCH3 is 2. The van der Waals surface area contributed by atoms with Crippen molar-refractivity contribution in [3.8, 4) is 0 Å². The van der Waals surface area contributed by atoms with E-state index < -0.39 is 6.10 Å². The Morgan fingerprint density at radius 3 is 2.58 bits per heavy atom. The molecule has 3 heterocycles. The normalized spacial score (nSPS) is 42.5. The van der Waals surface area contributed by atoms with Crippen LogP contribution in [0.2, 0.25) is 0 Å². The first-order chi connectivity index (χ1) is 17.3. The fourth-order valence-corrected chi connectivity index (χ4v) is 8.44. The van der Waals surface area contributed by atoms with Crippen LogP contribution in [0, 0.1) is 29.6 Å². The van der Waals surface area contributed by atoms with Gasteiger partial charge in [-0.1, -0.05) is 13.8 Å². The van der Waals surface area contributed by atoms with Gasteiger partial charge in [-0.15, -0.1) is 0 Å². The van der Waals surface area contributed by atoms with Crippen molar-refractivity contribution < 1.29 is 23.8 Å². The van der Waals surface area contributed by atoms with Crippen molar-refractivity contribution in [1.82, 2.24) is 15.5 Å². The summed E-state index contributed by atoms with van der Waals surface area (Å²) in [5, 5.41) is 6.87. The second-order valence-corrected chi connectivity index (χ2v) is 12.3. The van der Waals surface area contributed by atoms with Gasteiger partial charge < -0.3 is 29.7 Å². The van der Waals surface area contributed by atoms with Crippen molar-refractivity contribution in [3.63, 3.8) is 0 Å². The number of amides is 2. The number of carbonyl (C=O) groups excluding carboxylic acids is 2. The van der Waals surface area contributed by atoms with Crippen LogP contribution in [0.15, 0.2) is 0 Å². The molecule has 2 N–H and O–H groups in total. The van der Waals surface area contributed by atoms with Crippen LogP contribution in [-0.2, 0) is 23.8 Å². The summed E-state index contributed by atoms with van der Waals surface area (Å²) in [6, 6.07) is 0.874. The van der Waals surface area contributed by atoms with E-state index in [0.717, 1.165) is 51.5 Å². The average Bonchev–Trinajstić information content (AvgIpc) is 3.20. The van der Waals surface area contributed by atoms with Gasteiger partial charge in [-0.3, -0.25) is 9.59 Å². The zero-order valence-corrected chi connectivity index (χ0v) is 22.8. The third-order valence-electron chi connectivity index (χ3n) is 10.0. The number of rotatable bonds is 8. The summed E-state index contributed by atoms with van der Waals surface area (Å²) in [7, 11) is 3.46. The molecule has 2 aliphatic carbocycles. The Hall–Kier alpha value is -1.22. The van der Waals surface area contributed by atoms with Crippen LogP contribution in [0.25, 0.3) is 0 Å². The van der Waals surface area contributed by atoms with Crippen LogP contribution in [0.1, 0.15) is 65.7 Å². The summed E-state index contributed by atoms with van der Waals surface area (Å²) in [4.78, 5) is 29.0. The highest BCUT2D eigenvalue weighted by Gasteiger charge is 2.64. The lowest BCUT2D eigenvalue weighted by Crippen LogP contribution is -2.70. The van der Waals surface area contributed by atoms with E-state index in [1.165, 1.54) is 0 Å². The molecule has 3 aliphatic heterocycles.